The minimum Gasteiger partial charge on any atom is -0.483 e. The molecule has 2 aliphatic rings. The molecule has 0 radical (unpaired) electrons. The van der Waals surface area contributed by atoms with Gasteiger partial charge in [-0.3, -0.25) is 4.99 Å². The summed E-state index contributed by atoms with van der Waals surface area (Å²) in [5.74, 6) is 1.04. The third-order valence-corrected chi connectivity index (χ3v) is 5.18. The van der Waals surface area contributed by atoms with Gasteiger partial charge in [0, 0.05) is 23.1 Å². The zero-order valence-corrected chi connectivity index (χ0v) is 17.7. The lowest BCUT2D eigenvalue weighted by atomic mass is 9.81. The molecule has 0 saturated carbocycles. The number of aliphatic imine (C=N–C) groups is 1. The van der Waals surface area contributed by atoms with Crippen LogP contribution in [0.1, 0.15) is 56.9 Å². The zero-order valence-electron chi connectivity index (χ0n) is 17.7. The highest BCUT2D eigenvalue weighted by molar-refractivity contribution is 6.16. The summed E-state index contributed by atoms with van der Waals surface area (Å²) in [5, 5.41) is 0. The van der Waals surface area contributed by atoms with Crippen LogP contribution < -0.4 is 9.47 Å². The summed E-state index contributed by atoms with van der Waals surface area (Å²) >= 11 is 0. The van der Waals surface area contributed by atoms with Gasteiger partial charge in [-0.15, -0.1) is 0 Å². The molecule has 2 aliphatic heterocycles. The summed E-state index contributed by atoms with van der Waals surface area (Å²) in [5.41, 5.74) is 4.66. The predicted octanol–water partition coefficient (Wildman–Crippen LogP) is 5.11. The van der Waals surface area contributed by atoms with Crippen molar-refractivity contribution < 1.29 is 19.0 Å². The lowest BCUT2D eigenvalue weighted by Crippen LogP contribution is -2.30. The molecule has 0 unspecified atom stereocenters. The van der Waals surface area contributed by atoms with Crippen LogP contribution >= 0.6 is 0 Å². The van der Waals surface area contributed by atoms with E-state index in [4.69, 9.17) is 19.2 Å². The van der Waals surface area contributed by atoms with Crippen LogP contribution in [0.5, 0.6) is 11.5 Å². The minimum atomic E-state index is -0.713. The second kappa shape index (κ2) is 6.90. The molecule has 2 heterocycles. The molecule has 152 valence electrons. The van der Waals surface area contributed by atoms with E-state index in [1.165, 1.54) is 0 Å². The van der Waals surface area contributed by atoms with Crippen molar-refractivity contribution in [1.82, 2.24) is 0 Å². The summed E-state index contributed by atoms with van der Waals surface area (Å²) in [6, 6.07) is 12.1. The average Bonchev–Trinajstić information content (AvgIpc) is 2.96. The van der Waals surface area contributed by atoms with Crippen molar-refractivity contribution in [3.8, 4) is 11.5 Å². The van der Waals surface area contributed by atoms with Gasteiger partial charge >= 0.3 is 6.16 Å². The number of nitrogens with zero attached hydrogens (tertiary/aromatic N) is 1. The maximum atomic E-state index is 12.0. The van der Waals surface area contributed by atoms with Gasteiger partial charge in [-0.25, -0.2) is 4.79 Å². The van der Waals surface area contributed by atoms with Gasteiger partial charge in [0.1, 0.15) is 5.60 Å². The smallest absolute Gasteiger partial charge is 0.483 e. The number of carbonyl (C=O) groups excluding carboxylic acids is 1. The SMILES string of the molecule is CCOC(=O)Oc1cc2c(c3c1OC(C)(C)C3)C(c1ccccc1)=NC(C)(C)C2. The Kier molecular flexibility index (Phi) is 4.64. The van der Waals surface area contributed by atoms with Crippen molar-refractivity contribution >= 4 is 11.9 Å². The number of fused-ring (bicyclic) bond motifs is 3. The van der Waals surface area contributed by atoms with Gasteiger partial charge in [0.2, 0.25) is 0 Å². The normalized spacial score (nSPS) is 18.2. The van der Waals surface area contributed by atoms with Gasteiger partial charge in [0.15, 0.2) is 11.5 Å². The molecule has 0 spiro atoms. The predicted molar refractivity (Wildman–Crippen MR) is 112 cm³/mol. The summed E-state index contributed by atoms with van der Waals surface area (Å²) < 4.78 is 16.8. The summed E-state index contributed by atoms with van der Waals surface area (Å²) in [7, 11) is 0. The van der Waals surface area contributed by atoms with Crippen LogP contribution in [0.2, 0.25) is 0 Å². The Balaban J connectivity index is 1.91. The molecular formula is C24H27NO4. The summed E-state index contributed by atoms with van der Waals surface area (Å²) in [6.07, 6.45) is 0.762. The first kappa shape index (κ1) is 19.5. The van der Waals surface area contributed by atoms with Crippen LogP contribution in [0.25, 0.3) is 0 Å². The quantitative estimate of drug-likeness (QED) is 0.537. The highest BCUT2D eigenvalue weighted by Crippen LogP contribution is 2.48. The molecule has 29 heavy (non-hydrogen) atoms. The maximum absolute atomic E-state index is 12.0. The average molecular weight is 393 g/mol. The van der Waals surface area contributed by atoms with Crippen LogP contribution in [0.15, 0.2) is 41.4 Å². The number of rotatable bonds is 3. The third-order valence-electron chi connectivity index (χ3n) is 5.18. The number of ether oxygens (including phenoxy) is 3. The van der Waals surface area contributed by atoms with Crippen LogP contribution in [0.4, 0.5) is 4.79 Å². The van der Waals surface area contributed by atoms with Gasteiger partial charge in [0.25, 0.3) is 0 Å². The highest BCUT2D eigenvalue weighted by atomic mass is 16.7. The Labute approximate surface area is 171 Å². The van der Waals surface area contributed by atoms with Gasteiger partial charge in [0.05, 0.1) is 17.9 Å². The Morgan fingerprint density at radius 2 is 1.86 bits per heavy atom. The molecule has 0 atom stereocenters. The first-order chi connectivity index (χ1) is 13.7. The minimum absolute atomic E-state index is 0.260. The van der Waals surface area contributed by atoms with Crippen molar-refractivity contribution in [2.45, 2.75) is 58.6 Å². The molecule has 5 nitrogen and oxygen atoms in total. The van der Waals surface area contributed by atoms with E-state index >= 15 is 0 Å². The Morgan fingerprint density at radius 3 is 2.55 bits per heavy atom. The summed E-state index contributed by atoms with van der Waals surface area (Å²) in [4.78, 5) is 17.1. The molecule has 2 aromatic rings. The molecule has 5 heteroatoms. The van der Waals surface area contributed by atoms with Crippen molar-refractivity contribution in [3.63, 3.8) is 0 Å². The largest absolute Gasteiger partial charge is 0.513 e. The number of hydrogen-bond acceptors (Lipinski definition) is 5. The van der Waals surface area contributed by atoms with E-state index in [0.29, 0.717) is 11.5 Å². The zero-order chi connectivity index (χ0) is 20.8. The maximum Gasteiger partial charge on any atom is 0.513 e. The second-order valence-corrected chi connectivity index (χ2v) is 8.86. The van der Waals surface area contributed by atoms with E-state index in [1.807, 2.05) is 38.1 Å². The number of carbonyl (C=O) groups is 1. The number of hydrogen-bond donors (Lipinski definition) is 0. The number of benzene rings is 2. The molecule has 0 bridgehead atoms. The van der Waals surface area contributed by atoms with Crippen molar-refractivity contribution in [1.29, 1.82) is 0 Å². The molecule has 0 fully saturated rings. The monoisotopic (exact) mass is 393 g/mol. The van der Waals surface area contributed by atoms with E-state index in [1.54, 1.807) is 6.92 Å². The summed E-state index contributed by atoms with van der Waals surface area (Å²) in [6.45, 7) is 10.3. The second-order valence-electron chi connectivity index (χ2n) is 8.86. The van der Waals surface area contributed by atoms with Crippen LogP contribution in [-0.2, 0) is 17.6 Å². The van der Waals surface area contributed by atoms with E-state index < -0.39 is 6.16 Å². The van der Waals surface area contributed by atoms with Crippen molar-refractivity contribution in [2.75, 3.05) is 6.61 Å². The fourth-order valence-corrected chi connectivity index (χ4v) is 4.19. The molecule has 0 saturated heterocycles. The Bertz CT molecular complexity index is 990. The standard InChI is InChI=1S/C24H27NO4/c1-6-27-22(26)28-18-12-16-13-23(2,3)25-20(15-10-8-7-9-11-15)19(16)17-14-24(4,5)29-21(17)18/h7-12H,6,13-14H2,1-5H3. The van der Waals surface area contributed by atoms with E-state index in [-0.39, 0.29) is 17.7 Å². The highest BCUT2D eigenvalue weighted by Gasteiger charge is 2.40. The molecule has 0 aromatic heterocycles. The van der Waals surface area contributed by atoms with Crippen LogP contribution in [0.3, 0.4) is 0 Å². The fourth-order valence-electron chi connectivity index (χ4n) is 4.19. The van der Waals surface area contributed by atoms with Crippen LogP contribution in [-0.4, -0.2) is 29.6 Å². The fraction of sp³-hybridized carbons (Fsp3) is 0.417. The van der Waals surface area contributed by atoms with E-state index in [0.717, 1.165) is 40.8 Å². The lowest BCUT2D eigenvalue weighted by Gasteiger charge is -2.31. The Morgan fingerprint density at radius 1 is 1.14 bits per heavy atom. The van der Waals surface area contributed by atoms with Crippen molar-refractivity contribution in [2.24, 2.45) is 4.99 Å². The molecule has 0 aliphatic carbocycles. The molecule has 4 rings (SSSR count). The Hall–Kier alpha value is -2.82. The third kappa shape index (κ3) is 3.74. The van der Waals surface area contributed by atoms with E-state index in [9.17, 15) is 4.79 Å². The van der Waals surface area contributed by atoms with Gasteiger partial charge in [-0.05, 0) is 52.7 Å². The molecule has 0 N–H and O–H groups in total. The lowest BCUT2D eigenvalue weighted by molar-refractivity contribution is 0.0974. The van der Waals surface area contributed by atoms with Crippen molar-refractivity contribution in [3.05, 3.63) is 58.7 Å². The van der Waals surface area contributed by atoms with Gasteiger partial charge in [-0.1, -0.05) is 30.3 Å². The van der Waals surface area contributed by atoms with Gasteiger partial charge in [-0.2, -0.15) is 0 Å². The molecule has 0 amide bonds. The van der Waals surface area contributed by atoms with Crippen LogP contribution in [0, 0.1) is 0 Å². The van der Waals surface area contributed by atoms with E-state index in [2.05, 4.69) is 26.0 Å². The first-order valence-electron chi connectivity index (χ1n) is 10.1. The van der Waals surface area contributed by atoms with Gasteiger partial charge < -0.3 is 14.2 Å². The molecule has 2 aromatic carbocycles. The first-order valence-corrected chi connectivity index (χ1v) is 10.1. The topological polar surface area (TPSA) is 57.1 Å². The molecular weight excluding hydrogens is 366 g/mol.